The molecular formula is C29H40BClF3N5O4Si. The maximum Gasteiger partial charge on any atom is 0.495 e. The quantitative estimate of drug-likeness (QED) is 0.308. The van der Waals surface area contributed by atoms with Crippen molar-refractivity contribution in [3.05, 3.63) is 34.5 Å². The summed E-state index contributed by atoms with van der Waals surface area (Å²) in [5.41, 5.74) is 0.616. The van der Waals surface area contributed by atoms with E-state index in [-0.39, 0.29) is 29.6 Å². The van der Waals surface area contributed by atoms with Gasteiger partial charge in [-0.1, -0.05) is 46.2 Å². The molecule has 2 unspecified atom stereocenters. The number of anilines is 3. The van der Waals surface area contributed by atoms with Gasteiger partial charge >= 0.3 is 13.3 Å². The van der Waals surface area contributed by atoms with Crippen LogP contribution in [-0.2, 0) is 31.3 Å². The minimum atomic E-state index is -4.72. The minimum Gasteiger partial charge on any atom is -0.413 e. The molecule has 4 rings (SSSR count). The molecule has 2 aliphatic heterocycles. The van der Waals surface area contributed by atoms with Gasteiger partial charge in [0.25, 0.3) is 0 Å². The van der Waals surface area contributed by atoms with Crippen molar-refractivity contribution in [2.75, 3.05) is 37.1 Å². The molecule has 3 heterocycles. The van der Waals surface area contributed by atoms with E-state index in [1.54, 1.807) is 12.1 Å². The van der Waals surface area contributed by atoms with E-state index in [2.05, 4.69) is 60.5 Å². The van der Waals surface area contributed by atoms with Gasteiger partial charge in [-0.2, -0.15) is 23.4 Å². The van der Waals surface area contributed by atoms with Crippen LogP contribution in [0.1, 0.15) is 52.2 Å². The van der Waals surface area contributed by atoms with Crippen LogP contribution in [0.5, 0.6) is 0 Å². The summed E-state index contributed by atoms with van der Waals surface area (Å²) in [6.45, 7) is 16.5. The number of nitrogens with one attached hydrogen (secondary N) is 2. The van der Waals surface area contributed by atoms with Gasteiger partial charge in [-0.3, -0.25) is 0 Å². The third-order valence-corrected chi connectivity index (χ3v) is 13.1. The molecule has 2 fully saturated rings. The Kier molecular flexibility index (Phi) is 10.3. The molecule has 0 radical (unpaired) electrons. The largest absolute Gasteiger partial charge is 0.495 e. The number of alkyl halides is 3. The van der Waals surface area contributed by atoms with Crippen molar-refractivity contribution in [2.24, 2.45) is 11.3 Å². The average Bonchev–Trinajstić information content (AvgIpc) is 2.91. The predicted octanol–water partition coefficient (Wildman–Crippen LogP) is 6.52. The van der Waals surface area contributed by atoms with Crippen molar-refractivity contribution in [3.63, 3.8) is 0 Å². The zero-order chi connectivity index (χ0) is 32.5. The lowest BCUT2D eigenvalue weighted by Gasteiger charge is -2.37. The highest BCUT2D eigenvalue weighted by atomic mass is 35.5. The predicted molar refractivity (Wildman–Crippen MR) is 167 cm³/mol. The molecule has 0 saturated carbocycles. The van der Waals surface area contributed by atoms with E-state index < -0.39 is 45.0 Å². The first-order valence-electron chi connectivity index (χ1n) is 14.5. The molecule has 0 amide bonds. The molecule has 2 N–H and O–H groups in total. The number of benzene rings is 1. The van der Waals surface area contributed by atoms with Crippen LogP contribution in [0.15, 0.2) is 18.3 Å². The van der Waals surface area contributed by atoms with Crippen molar-refractivity contribution >= 4 is 50.0 Å². The molecule has 1 aromatic carbocycles. The van der Waals surface area contributed by atoms with Gasteiger partial charge in [-0.25, -0.2) is 4.98 Å². The van der Waals surface area contributed by atoms with Crippen LogP contribution in [0, 0.1) is 22.7 Å². The summed E-state index contributed by atoms with van der Waals surface area (Å²) < 4.78 is 65.7. The van der Waals surface area contributed by atoms with Crippen molar-refractivity contribution in [2.45, 2.75) is 78.0 Å². The van der Waals surface area contributed by atoms with Crippen LogP contribution < -0.4 is 16.1 Å². The lowest BCUT2D eigenvalue weighted by Crippen LogP contribution is -2.49. The summed E-state index contributed by atoms with van der Waals surface area (Å²) in [6, 6.07) is 4.91. The maximum atomic E-state index is 13.9. The number of hydrogen-bond donors (Lipinski definition) is 2. The molecule has 0 spiro atoms. The molecule has 2 atom stereocenters. The second kappa shape index (κ2) is 13.1. The number of aromatic nitrogens is 2. The fraction of sp³-hybridized carbons (Fsp3) is 0.621. The first-order valence-corrected chi connectivity index (χ1v) is 17.8. The average molecular weight is 654 g/mol. The highest BCUT2D eigenvalue weighted by molar-refractivity contribution is 6.74. The van der Waals surface area contributed by atoms with Gasteiger partial charge in [0.05, 0.1) is 31.2 Å². The summed E-state index contributed by atoms with van der Waals surface area (Å²) in [6.07, 6.45) is -3.60. The van der Waals surface area contributed by atoms with Crippen molar-refractivity contribution < 1.29 is 31.6 Å². The van der Waals surface area contributed by atoms with Gasteiger partial charge in [0.1, 0.15) is 11.4 Å². The molecule has 1 aromatic heterocycles. The number of rotatable bonds is 8. The van der Waals surface area contributed by atoms with Gasteiger partial charge < -0.3 is 29.1 Å². The molecule has 2 aliphatic rings. The molecule has 15 heteroatoms. The molecule has 0 aliphatic carbocycles. The Morgan fingerprint density at radius 2 is 1.89 bits per heavy atom. The van der Waals surface area contributed by atoms with Gasteiger partial charge in [-0.15, -0.1) is 0 Å². The highest BCUT2D eigenvalue weighted by Gasteiger charge is 2.40. The van der Waals surface area contributed by atoms with Crippen molar-refractivity contribution in [1.29, 1.82) is 5.26 Å². The van der Waals surface area contributed by atoms with Crippen LogP contribution in [0.4, 0.5) is 30.6 Å². The number of halogens is 4. The van der Waals surface area contributed by atoms with Crippen LogP contribution >= 0.6 is 11.6 Å². The van der Waals surface area contributed by atoms with E-state index in [0.717, 1.165) is 5.56 Å². The second-order valence-corrected chi connectivity index (χ2v) is 18.8. The van der Waals surface area contributed by atoms with Gasteiger partial charge in [0.2, 0.25) is 5.95 Å². The van der Waals surface area contributed by atoms with E-state index in [0.29, 0.717) is 48.6 Å². The minimum absolute atomic E-state index is 0.0416. The fourth-order valence-corrected chi connectivity index (χ4v) is 5.84. The Bertz CT molecular complexity index is 1380. The second-order valence-electron chi connectivity index (χ2n) is 13.6. The Morgan fingerprint density at radius 3 is 2.50 bits per heavy atom. The van der Waals surface area contributed by atoms with E-state index >= 15 is 0 Å². The van der Waals surface area contributed by atoms with E-state index in [9.17, 15) is 18.4 Å². The molecule has 2 aromatic rings. The first kappa shape index (κ1) is 34.5. The summed E-state index contributed by atoms with van der Waals surface area (Å²) in [5, 5.41) is 15.6. The van der Waals surface area contributed by atoms with Gasteiger partial charge in [0, 0.05) is 47.6 Å². The zero-order valence-corrected chi connectivity index (χ0v) is 27.9. The van der Waals surface area contributed by atoms with E-state index in [4.69, 9.17) is 30.1 Å². The molecule has 2 saturated heterocycles. The SMILES string of the molecule is CC1(C)COB(c2c(Cl)cc(Nc3ncc(C(F)(F)F)c(NC4COCCC4C#N)n3)cc2CO[Si](C)(C)C(C)(C)C)OC1. The number of nitrogens with zero attached hydrogens (tertiary/aromatic N) is 3. The zero-order valence-electron chi connectivity index (χ0n) is 26.2. The first-order chi connectivity index (χ1) is 20.4. The standard InChI is InChI=1S/C29H40BClF3N5O4Si/c1-27(2,3)44(6,7)43-14-19-10-20(11-22(31)24(19)30-41-16-28(4,5)17-42-30)37-26-36-13-21(29(32,33)34)25(39-26)38-23-15-40-9-8-18(23)12-35/h10-11,13,18,23H,8-9,14-17H2,1-7H3,(H2,36,37,38,39). The van der Waals surface area contributed by atoms with Crippen LogP contribution in [0.25, 0.3) is 0 Å². The maximum absolute atomic E-state index is 13.9. The fourth-order valence-electron chi connectivity index (χ4n) is 4.56. The molecule has 44 heavy (non-hydrogen) atoms. The molecule has 240 valence electrons. The smallest absolute Gasteiger partial charge is 0.413 e. The van der Waals surface area contributed by atoms with Crippen LogP contribution in [0.2, 0.25) is 23.2 Å². The number of hydrogen-bond acceptors (Lipinski definition) is 9. The summed E-state index contributed by atoms with van der Waals surface area (Å²) >= 11 is 6.83. The lowest BCUT2D eigenvalue weighted by molar-refractivity contribution is -0.137. The Morgan fingerprint density at radius 1 is 1.20 bits per heavy atom. The molecule has 0 bridgehead atoms. The highest BCUT2D eigenvalue weighted by Crippen LogP contribution is 2.38. The third kappa shape index (κ3) is 8.24. The number of ether oxygens (including phenoxy) is 1. The number of nitriles is 1. The van der Waals surface area contributed by atoms with Crippen molar-refractivity contribution in [3.8, 4) is 6.07 Å². The van der Waals surface area contributed by atoms with Gasteiger partial charge in [-0.05, 0) is 42.2 Å². The Balaban J connectivity index is 1.67. The normalized spacial score (nSPS) is 21.1. The summed E-state index contributed by atoms with van der Waals surface area (Å²) in [4.78, 5) is 8.11. The van der Waals surface area contributed by atoms with Crippen LogP contribution in [0.3, 0.4) is 0 Å². The monoisotopic (exact) mass is 653 g/mol. The summed E-state index contributed by atoms with van der Waals surface area (Å²) in [7, 11) is -2.87. The Hall–Kier alpha value is -2.41. The third-order valence-electron chi connectivity index (χ3n) is 8.29. The van der Waals surface area contributed by atoms with Gasteiger partial charge in [0.15, 0.2) is 8.32 Å². The van der Waals surface area contributed by atoms with E-state index in [1.165, 1.54) is 0 Å². The Labute approximate surface area is 263 Å². The summed E-state index contributed by atoms with van der Waals surface area (Å²) in [5.74, 6) is -1.06. The topological polar surface area (TPSA) is 111 Å². The molecule has 9 nitrogen and oxygen atoms in total. The van der Waals surface area contributed by atoms with E-state index in [1.807, 2.05) is 13.8 Å². The van der Waals surface area contributed by atoms with Crippen LogP contribution in [-0.4, -0.2) is 57.9 Å². The lowest BCUT2D eigenvalue weighted by atomic mass is 9.73. The molecular weight excluding hydrogens is 614 g/mol. The van der Waals surface area contributed by atoms with Crippen molar-refractivity contribution in [1.82, 2.24) is 9.97 Å².